The van der Waals surface area contributed by atoms with E-state index in [1.165, 1.54) is 101 Å². The molecular formula is C41H64Cl2N5O8P. The molecular weight excluding hydrogens is 792 g/mol. The van der Waals surface area contributed by atoms with Gasteiger partial charge in [-0.15, -0.1) is 0 Å². The Balaban J connectivity index is 1.04. The van der Waals surface area contributed by atoms with E-state index in [-0.39, 0.29) is 25.1 Å². The van der Waals surface area contributed by atoms with Crippen molar-refractivity contribution >= 4 is 42.4 Å². The summed E-state index contributed by atoms with van der Waals surface area (Å²) in [5, 5.41) is 27.1. The maximum Gasteiger partial charge on any atom is 0.472 e. The third-order valence-corrected chi connectivity index (χ3v) is 13.1. The second-order valence-corrected chi connectivity index (χ2v) is 18.2. The van der Waals surface area contributed by atoms with E-state index in [4.69, 9.17) is 47.5 Å². The van der Waals surface area contributed by atoms with Crippen molar-refractivity contribution in [2.45, 2.75) is 160 Å². The van der Waals surface area contributed by atoms with Crippen LogP contribution < -0.4 is 5.73 Å². The number of nitrogens with zero attached hydrogens (tertiary/aromatic N) is 4. The molecule has 1 unspecified atom stereocenters. The fraction of sp³-hybridized carbons (Fsp3) is 0.707. The molecule has 0 amide bonds. The van der Waals surface area contributed by atoms with Crippen molar-refractivity contribution in [3.05, 3.63) is 57.5 Å². The number of aliphatic hydroxyl groups is 2. The van der Waals surface area contributed by atoms with Crippen molar-refractivity contribution < 1.29 is 38.2 Å². The standard InChI is InChI=1S/C41H64Cl2N5O8P/c1-3-4-5-6-7-8-9-10-11-12-13-14-15-16-17-18-21-53-26-32(47-24-30-22-33(42)34(43)23-31(30)25-47)27-54-57(51,52)55-28-36-38(49)39(50)41(2,56-36)37-20-19-35-40(44)45-29-46-48(35)37/h19-20,22-23,29,32,36,38-39,49-50H,3-18,21,24-28H2,1-2H3,(H,51,52)(H2,44,45,46)/t32-,36-,38-,39-,41+/m1/s1. The average Bonchev–Trinajstić information content (AvgIpc) is 3.87. The molecule has 13 nitrogen and oxygen atoms in total. The van der Waals surface area contributed by atoms with Crippen LogP contribution in [0.2, 0.25) is 10.0 Å². The molecule has 5 rings (SSSR count). The first kappa shape index (κ1) is 46.2. The Hall–Kier alpha value is -1.87. The number of halogens is 2. The molecule has 2 aliphatic heterocycles. The summed E-state index contributed by atoms with van der Waals surface area (Å²) >= 11 is 12.6. The normalized spacial score (nSPS) is 22.7. The van der Waals surface area contributed by atoms with Crippen molar-refractivity contribution in [1.82, 2.24) is 19.5 Å². The van der Waals surface area contributed by atoms with Gasteiger partial charge in [-0.3, -0.25) is 13.9 Å². The van der Waals surface area contributed by atoms with E-state index in [1.54, 1.807) is 19.1 Å². The summed E-state index contributed by atoms with van der Waals surface area (Å²) < 4.78 is 37.8. The number of phosphoric acid groups is 1. The molecule has 1 fully saturated rings. The monoisotopic (exact) mass is 855 g/mol. The van der Waals surface area contributed by atoms with Gasteiger partial charge in [-0.25, -0.2) is 14.1 Å². The minimum absolute atomic E-state index is 0.159. The average molecular weight is 857 g/mol. The van der Waals surface area contributed by atoms with E-state index in [0.717, 1.165) is 24.0 Å². The third-order valence-electron chi connectivity index (χ3n) is 11.4. The molecule has 5 N–H and O–H groups in total. The van der Waals surface area contributed by atoms with Gasteiger partial charge in [0.15, 0.2) is 5.82 Å². The summed E-state index contributed by atoms with van der Waals surface area (Å²) in [7, 11) is -4.64. The van der Waals surface area contributed by atoms with Crippen LogP contribution in [0.1, 0.15) is 133 Å². The molecule has 0 saturated carbocycles. The van der Waals surface area contributed by atoms with Gasteiger partial charge >= 0.3 is 7.82 Å². The Morgan fingerprint density at radius 3 is 2.04 bits per heavy atom. The van der Waals surface area contributed by atoms with Crippen LogP contribution in [0.25, 0.3) is 5.52 Å². The van der Waals surface area contributed by atoms with Crippen molar-refractivity contribution in [3.63, 3.8) is 0 Å². The first-order chi connectivity index (χ1) is 27.4. The second kappa shape index (κ2) is 22.7. The fourth-order valence-corrected chi connectivity index (χ4v) is 9.09. The largest absolute Gasteiger partial charge is 0.472 e. The minimum atomic E-state index is -4.64. The summed E-state index contributed by atoms with van der Waals surface area (Å²) in [6, 6.07) is 6.67. The molecule has 320 valence electrons. The number of rotatable bonds is 27. The van der Waals surface area contributed by atoms with Crippen LogP contribution in [0.4, 0.5) is 5.82 Å². The topological polar surface area (TPSA) is 174 Å². The van der Waals surface area contributed by atoms with Gasteiger partial charge in [0.1, 0.15) is 35.8 Å². The van der Waals surface area contributed by atoms with E-state index in [2.05, 4.69) is 21.9 Å². The fourth-order valence-electron chi connectivity index (χ4n) is 7.95. The Bertz CT molecular complexity index is 1710. The highest BCUT2D eigenvalue weighted by Gasteiger charge is 2.54. The Morgan fingerprint density at radius 2 is 1.46 bits per heavy atom. The van der Waals surface area contributed by atoms with Gasteiger partial charge in [0.2, 0.25) is 0 Å². The lowest BCUT2D eigenvalue weighted by atomic mass is 9.93. The van der Waals surface area contributed by atoms with Crippen LogP contribution in [-0.2, 0) is 41.8 Å². The number of fused-ring (bicyclic) bond motifs is 2. The first-order valence-electron chi connectivity index (χ1n) is 21.0. The Morgan fingerprint density at radius 1 is 0.895 bits per heavy atom. The molecule has 1 aromatic carbocycles. The van der Waals surface area contributed by atoms with E-state index >= 15 is 0 Å². The van der Waals surface area contributed by atoms with Gasteiger partial charge in [0.25, 0.3) is 0 Å². The number of ether oxygens (including phenoxy) is 2. The zero-order chi connectivity index (χ0) is 40.8. The predicted molar refractivity (Wildman–Crippen MR) is 223 cm³/mol. The number of unbranched alkanes of at least 4 members (excludes halogenated alkanes) is 15. The van der Waals surface area contributed by atoms with Crippen molar-refractivity contribution in [1.29, 1.82) is 0 Å². The lowest BCUT2D eigenvalue weighted by Gasteiger charge is -2.28. The number of anilines is 1. The van der Waals surface area contributed by atoms with Crippen LogP contribution in [0.15, 0.2) is 30.6 Å². The molecule has 0 aliphatic carbocycles. The van der Waals surface area contributed by atoms with Crippen molar-refractivity contribution in [3.8, 4) is 0 Å². The van der Waals surface area contributed by atoms with Crippen LogP contribution in [0, 0.1) is 0 Å². The molecule has 3 aromatic rings. The molecule has 0 bridgehead atoms. The van der Waals surface area contributed by atoms with Crippen LogP contribution in [0.5, 0.6) is 0 Å². The molecule has 57 heavy (non-hydrogen) atoms. The van der Waals surface area contributed by atoms with Gasteiger partial charge < -0.3 is 30.3 Å². The highest BCUT2D eigenvalue weighted by molar-refractivity contribution is 7.47. The highest BCUT2D eigenvalue weighted by atomic mass is 35.5. The van der Waals surface area contributed by atoms with E-state index in [1.807, 2.05) is 12.1 Å². The zero-order valence-electron chi connectivity index (χ0n) is 33.7. The number of aliphatic hydroxyl groups excluding tert-OH is 2. The van der Waals surface area contributed by atoms with Gasteiger partial charge in [-0.2, -0.15) is 5.10 Å². The second-order valence-electron chi connectivity index (χ2n) is 15.9. The molecule has 2 aliphatic rings. The SMILES string of the molecule is CCCCCCCCCCCCCCCCCCOC[C@H](COP(=O)(O)OC[C@H]1O[C@@](C)(c2ccc3c(N)ncnn23)[C@H](O)[C@@H]1O)N1Cc2cc(Cl)c(Cl)cc2C1. The molecule has 16 heteroatoms. The maximum atomic E-state index is 13.2. The maximum absolute atomic E-state index is 13.2. The number of phosphoric ester groups is 1. The van der Waals surface area contributed by atoms with Crippen molar-refractivity contribution in [2.24, 2.45) is 0 Å². The predicted octanol–water partition coefficient (Wildman–Crippen LogP) is 8.75. The summed E-state index contributed by atoms with van der Waals surface area (Å²) in [5.41, 5.74) is 7.50. The van der Waals surface area contributed by atoms with Crippen LogP contribution >= 0.6 is 31.0 Å². The first-order valence-corrected chi connectivity index (χ1v) is 23.2. The van der Waals surface area contributed by atoms with Gasteiger partial charge in [0, 0.05) is 19.7 Å². The number of hydrogen-bond donors (Lipinski definition) is 4. The highest BCUT2D eigenvalue weighted by Crippen LogP contribution is 2.46. The third kappa shape index (κ3) is 13.1. The van der Waals surface area contributed by atoms with Crippen LogP contribution in [-0.4, -0.2) is 85.4 Å². The van der Waals surface area contributed by atoms with E-state index in [9.17, 15) is 19.7 Å². The van der Waals surface area contributed by atoms with Gasteiger partial charge in [0.05, 0.1) is 41.6 Å². The summed E-state index contributed by atoms with van der Waals surface area (Å²) in [4.78, 5) is 16.8. The number of hydrogen-bond acceptors (Lipinski definition) is 11. The summed E-state index contributed by atoms with van der Waals surface area (Å²) in [6.07, 6.45) is 18.0. The molecule has 0 radical (unpaired) electrons. The Kier molecular flexibility index (Phi) is 18.4. The van der Waals surface area contributed by atoms with Gasteiger partial charge in [-0.1, -0.05) is 126 Å². The van der Waals surface area contributed by atoms with Crippen LogP contribution in [0.3, 0.4) is 0 Å². The number of benzene rings is 1. The van der Waals surface area contributed by atoms with Crippen molar-refractivity contribution in [2.75, 3.05) is 32.2 Å². The quantitative estimate of drug-likeness (QED) is 0.0425. The lowest BCUT2D eigenvalue weighted by Crippen LogP contribution is -2.39. The number of nitrogen functional groups attached to an aromatic ring is 1. The summed E-state index contributed by atoms with van der Waals surface area (Å²) in [5.74, 6) is 0.237. The van der Waals surface area contributed by atoms with E-state index < -0.39 is 38.3 Å². The van der Waals surface area contributed by atoms with E-state index in [0.29, 0.717) is 41.0 Å². The molecule has 0 spiro atoms. The minimum Gasteiger partial charge on any atom is -0.387 e. The molecule has 2 aromatic heterocycles. The number of aromatic nitrogens is 3. The smallest absolute Gasteiger partial charge is 0.387 e. The molecule has 6 atom stereocenters. The Labute approximate surface area is 348 Å². The molecule has 1 saturated heterocycles. The number of nitrogens with two attached hydrogens (primary N) is 1. The summed E-state index contributed by atoms with van der Waals surface area (Å²) in [6.45, 7) is 5.13. The lowest BCUT2D eigenvalue weighted by molar-refractivity contribution is -0.0891. The zero-order valence-corrected chi connectivity index (χ0v) is 36.1. The van der Waals surface area contributed by atoms with Gasteiger partial charge in [-0.05, 0) is 48.7 Å². The molecule has 4 heterocycles.